The minimum atomic E-state index is 0.0699. The third-order valence-corrected chi connectivity index (χ3v) is 3.63. The number of rotatable bonds is 5. The van der Waals surface area contributed by atoms with E-state index in [1.54, 1.807) is 30.0 Å². The molecule has 18 heavy (non-hydrogen) atoms. The number of nitrogens with one attached hydrogen (secondary N) is 1. The maximum atomic E-state index is 12.0. The van der Waals surface area contributed by atoms with Crippen molar-refractivity contribution in [3.63, 3.8) is 0 Å². The SMILES string of the molecule is COCCN1CSC(=CNc2ccccc2)C1=O. The van der Waals surface area contributed by atoms with E-state index < -0.39 is 0 Å². The van der Waals surface area contributed by atoms with Gasteiger partial charge in [0.15, 0.2) is 0 Å². The van der Waals surface area contributed by atoms with E-state index in [0.717, 1.165) is 10.6 Å². The first-order valence-corrected chi connectivity index (χ1v) is 6.72. The van der Waals surface area contributed by atoms with E-state index in [9.17, 15) is 4.79 Å². The van der Waals surface area contributed by atoms with Crippen LogP contribution in [0.15, 0.2) is 41.4 Å². The predicted octanol–water partition coefficient (Wildman–Crippen LogP) is 2.12. The number of thioether (sulfide) groups is 1. The lowest BCUT2D eigenvalue weighted by Gasteiger charge is -2.12. The molecule has 4 nitrogen and oxygen atoms in total. The summed E-state index contributed by atoms with van der Waals surface area (Å²) < 4.78 is 4.98. The Morgan fingerprint density at radius 3 is 2.94 bits per heavy atom. The highest BCUT2D eigenvalue weighted by Gasteiger charge is 2.26. The quantitative estimate of drug-likeness (QED) is 0.827. The van der Waals surface area contributed by atoms with E-state index in [4.69, 9.17) is 4.74 Å². The van der Waals surface area contributed by atoms with E-state index in [-0.39, 0.29) is 5.91 Å². The maximum Gasteiger partial charge on any atom is 0.262 e. The van der Waals surface area contributed by atoms with Crippen LogP contribution in [0.3, 0.4) is 0 Å². The Bertz CT molecular complexity index is 434. The molecule has 5 heteroatoms. The number of para-hydroxylation sites is 1. The number of hydrogen-bond donors (Lipinski definition) is 1. The summed E-state index contributed by atoms with van der Waals surface area (Å²) in [5.41, 5.74) is 0.980. The van der Waals surface area contributed by atoms with Gasteiger partial charge in [0, 0.05) is 25.5 Å². The van der Waals surface area contributed by atoms with Gasteiger partial charge >= 0.3 is 0 Å². The van der Waals surface area contributed by atoms with Gasteiger partial charge in [0.2, 0.25) is 0 Å². The number of ether oxygens (including phenoxy) is 1. The molecule has 1 heterocycles. The van der Waals surface area contributed by atoms with Gasteiger partial charge in [-0.1, -0.05) is 30.0 Å². The van der Waals surface area contributed by atoms with Gasteiger partial charge < -0.3 is 15.0 Å². The number of carbonyl (C=O) groups is 1. The van der Waals surface area contributed by atoms with Crippen molar-refractivity contribution < 1.29 is 9.53 Å². The Labute approximate surface area is 111 Å². The molecule has 2 rings (SSSR count). The van der Waals surface area contributed by atoms with Crippen LogP contribution >= 0.6 is 11.8 Å². The molecule has 1 aliphatic rings. The first kappa shape index (κ1) is 13.0. The molecular formula is C13H16N2O2S. The molecule has 1 aromatic carbocycles. The van der Waals surface area contributed by atoms with Crippen LogP contribution in [0.25, 0.3) is 0 Å². The minimum Gasteiger partial charge on any atom is -0.383 e. The van der Waals surface area contributed by atoms with E-state index in [0.29, 0.717) is 19.0 Å². The van der Waals surface area contributed by atoms with Crippen LogP contribution in [-0.2, 0) is 9.53 Å². The molecule has 1 amide bonds. The molecule has 1 fully saturated rings. The summed E-state index contributed by atoms with van der Waals surface area (Å²) in [6.45, 7) is 1.22. The molecule has 0 spiro atoms. The molecule has 96 valence electrons. The van der Waals surface area contributed by atoms with Crippen molar-refractivity contribution in [2.45, 2.75) is 0 Å². The van der Waals surface area contributed by atoms with Gasteiger partial charge in [-0.05, 0) is 12.1 Å². The van der Waals surface area contributed by atoms with Gasteiger partial charge in [-0.25, -0.2) is 0 Å². The molecule has 0 saturated carbocycles. The lowest BCUT2D eigenvalue weighted by molar-refractivity contribution is -0.125. The van der Waals surface area contributed by atoms with Gasteiger partial charge in [0.1, 0.15) is 0 Å². The summed E-state index contributed by atoms with van der Waals surface area (Å²) in [6, 6.07) is 9.79. The molecule has 0 radical (unpaired) electrons. The van der Waals surface area contributed by atoms with Crippen molar-refractivity contribution >= 4 is 23.4 Å². The van der Waals surface area contributed by atoms with Crippen molar-refractivity contribution in [2.75, 3.05) is 31.5 Å². The number of nitrogens with zero attached hydrogens (tertiary/aromatic N) is 1. The van der Waals surface area contributed by atoms with Gasteiger partial charge in [0.25, 0.3) is 5.91 Å². The second-order valence-electron chi connectivity index (χ2n) is 3.85. The van der Waals surface area contributed by atoms with Crippen LogP contribution in [0.4, 0.5) is 5.69 Å². The fraction of sp³-hybridized carbons (Fsp3) is 0.308. The lowest BCUT2D eigenvalue weighted by Crippen LogP contribution is -2.28. The van der Waals surface area contributed by atoms with Crippen molar-refractivity contribution in [1.29, 1.82) is 0 Å². The Kier molecular flexibility index (Phi) is 4.66. The molecule has 0 atom stereocenters. The van der Waals surface area contributed by atoms with Crippen LogP contribution in [0, 0.1) is 0 Å². The molecular weight excluding hydrogens is 248 g/mol. The van der Waals surface area contributed by atoms with Crippen LogP contribution in [0.5, 0.6) is 0 Å². The van der Waals surface area contributed by atoms with Gasteiger partial charge in [0.05, 0.1) is 17.4 Å². The molecule has 0 aliphatic carbocycles. The van der Waals surface area contributed by atoms with Crippen molar-refractivity contribution in [3.8, 4) is 0 Å². The summed E-state index contributed by atoms with van der Waals surface area (Å²) in [5, 5.41) is 3.13. The highest BCUT2D eigenvalue weighted by Crippen LogP contribution is 2.27. The number of benzene rings is 1. The van der Waals surface area contributed by atoms with Crippen LogP contribution < -0.4 is 5.32 Å². The van der Waals surface area contributed by atoms with Crippen molar-refractivity contribution in [1.82, 2.24) is 4.90 Å². The molecule has 1 saturated heterocycles. The normalized spacial score (nSPS) is 17.5. The summed E-state index contributed by atoms with van der Waals surface area (Å²) in [5.74, 6) is 0.769. The maximum absolute atomic E-state index is 12.0. The number of anilines is 1. The Hall–Kier alpha value is -1.46. The summed E-state index contributed by atoms with van der Waals surface area (Å²) >= 11 is 1.55. The fourth-order valence-corrected chi connectivity index (χ4v) is 2.51. The van der Waals surface area contributed by atoms with Gasteiger partial charge in [-0.3, -0.25) is 4.79 Å². The minimum absolute atomic E-state index is 0.0699. The Morgan fingerprint density at radius 1 is 1.44 bits per heavy atom. The predicted molar refractivity (Wildman–Crippen MR) is 74.2 cm³/mol. The molecule has 0 unspecified atom stereocenters. The average molecular weight is 264 g/mol. The summed E-state index contributed by atoms with van der Waals surface area (Å²) in [6.07, 6.45) is 1.77. The Morgan fingerprint density at radius 2 is 2.22 bits per heavy atom. The average Bonchev–Trinajstić information content (AvgIpc) is 2.76. The molecule has 0 bridgehead atoms. The smallest absolute Gasteiger partial charge is 0.262 e. The standard InChI is InChI=1S/C13H16N2O2S/c1-17-8-7-15-10-18-12(13(15)16)9-14-11-5-3-2-4-6-11/h2-6,9,14H,7-8,10H2,1H3. The fourth-order valence-electron chi connectivity index (χ4n) is 1.58. The number of carbonyl (C=O) groups excluding carboxylic acids is 1. The number of methoxy groups -OCH3 is 1. The van der Waals surface area contributed by atoms with E-state index >= 15 is 0 Å². The molecule has 1 N–H and O–H groups in total. The van der Waals surface area contributed by atoms with Crippen LogP contribution in [-0.4, -0.2) is 36.9 Å². The lowest BCUT2D eigenvalue weighted by atomic mass is 10.3. The van der Waals surface area contributed by atoms with Crippen molar-refractivity contribution in [3.05, 3.63) is 41.4 Å². The van der Waals surface area contributed by atoms with Crippen LogP contribution in [0.1, 0.15) is 0 Å². The van der Waals surface area contributed by atoms with Gasteiger partial charge in [-0.2, -0.15) is 0 Å². The highest BCUT2D eigenvalue weighted by molar-refractivity contribution is 8.04. The van der Waals surface area contributed by atoms with E-state index in [1.807, 2.05) is 30.3 Å². The topological polar surface area (TPSA) is 41.6 Å². The second-order valence-corrected chi connectivity index (χ2v) is 4.84. The Balaban J connectivity index is 1.92. The monoisotopic (exact) mass is 264 g/mol. The zero-order valence-electron chi connectivity index (χ0n) is 10.3. The van der Waals surface area contributed by atoms with Crippen LogP contribution in [0.2, 0.25) is 0 Å². The van der Waals surface area contributed by atoms with Gasteiger partial charge in [-0.15, -0.1) is 0 Å². The second kappa shape index (κ2) is 6.47. The first-order chi connectivity index (χ1) is 8.81. The van der Waals surface area contributed by atoms with Crippen molar-refractivity contribution in [2.24, 2.45) is 0 Å². The highest BCUT2D eigenvalue weighted by atomic mass is 32.2. The summed E-state index contributed by atoms with van der Waals surface area (Å²) in [4.78, 5) is 14.5. The molecule has 1 aliphatic heterocycles. The third kappa shape index (κ3) is 3.27. The largest absolute Gasteiger partial charge is 0.383 e. The zero-order valence-corrected chi connectivity index (χ0v) is 11.1. The summed E-state index contributed by atoms with van der Waals surface area (Å²) in [7, 11) is 1.64. The molecule has 1 aromatic rings. The van der Waals surface area contributed by atoms with E-state index in [2.05, 4.69) is 5.32 Å². The van der Waals surface area contributed by atoms with E-state index in [1.165, 1.54) is 0 Å². The zero-order chi connectivity index (χ0) is 12.8. The first-order valence-electron chi connectivity index (χ1n) is 5.74. The number of hydrogen-bond acceptors (Lipinski definition) is 4. The molecule has 0 aromatic heterocycles. The number of amides is 1. The third-order valence-electron chi connectivity index (χ3n) is 2.58.